The Morgan fingerprint density at radius 1 is 1.07 bits per heavy atom. The predicted octanol–water partition coefficient (Wildman–Crippen LogP) is 3.83. The largest absolute Gasteiger partial charge is 0.483 e. The molecule has 0 radical (unpaired) electrons. The van der Waals surface area contributed by atoms with Crippen LogP contribution in [0.5, 0.6) is 5.75 Å². The van der Waals surface area contributed by atoms with Crippen molar-refractivity contribution in [1.29, 1.82) is 0 Å². The van der Waals surface area contributed by atoms with E-state index in [9.17, 15) is 9.59 Å². The Bertz CT molecular complexity index is 838. The van der Waals surface area contributed by atoms with Crippen LogP contribution in [0.15, 0.2) is 48.5 Å². The molecule has 2 amide bonds. The van der Waals surface area contributed by atoms with E-state index in [1.807, 2.05) is 55.5 Å². The third kappa shape index (κ3) is 6.08. The maximum Gasteiger partial charge on any atom is 0.261 e. The molecule has 2 rings (SSSR count). The van der Waals surface area contributed by atoms with Crippen LogP contribution in [-0.4, -0.2) is 36.4 Å². The molecule has 1 atom stereocenters. The molecule has 2 aromatic rings. The molecule has 0 spiro atoms. The van der Waals surface area contributed by atoms with E-state index >= 15 is 0 Å². The monoisotopic (exact) mass is 396 g/mol. The number of hydrogen-bond acceptors (Lipinski definition) is 3. The standard InChI is InChI=1S/C24H32N2O3/c1-17-11-13-19(14-12-17)15-26(18(2)23(28)25-6)22(27)16-29-21-10-8-7-9-20(21)24(3,4)5/h7-14,18H,15-16H2,1-6H3,(H,25,28)/t18-/m1/s1. The van der Waals surface area contributed by atoms with Crippen molar-refractivity contribution in [3.63, 3.8) is 0 Å². The number of carbonyl (C=O) groups is 2. The van der Waals surface area contributed by atoms with E-state index in [1.165, 1.54) is 0 Å². The van der Waals surface area contributed by atoms with E-state index < -0.39 is 6.04 Å². The number of benzene rings is 2. The Balaban J connectivity index is 2.19. The molecular formula is C24H32N2O3. The third-order valence-electron chi connectivity index (χ3n) is 4.93. The van der Waals surface area contributed by atoms with E-state index in [-0.39, 0.29) is 23.8 Å². The zero-order chi connectivity index (χ0) is 21.6. The highest BCUT2D eigenvalue weighted by atomic mass is 16.5. The van der Waals surface area contributed by atoms with E-state index in [0.29, 0.717) is 12.3 Å². The Morgan fingerprint density at radius 3 is 2.28 bits per heavy atom. The molecule has 0 bridgehead atoms. The highest BCUT2D eigenvalue weighted by Crippen LogP contribution is 2.31. The predicted molar refractivity (Wildman–Crippen MR) is 116 cm³/mol. The Morgan fingerprint density at radius 2 is 1.69 bits per heavy atom. The molecule has 1 N–H and O–H groups in total. The van der Waals surface area contributed by atoms with Crippen molar-refractivity contribution < 1.29 is 14.3 Å². The lowest BCUT2D eigenvalue weighted by Gasteiger charge is -2.29. The highest BCUT2D eigenvalue weighted by Gasteiger charge is 2.26. The van der Waals surface area contributed by atoms with Gasteiger partial charge in [-0.1, -0.05) is 68.8 Å². The second-order valence-corrected chi connectivity index (χ2v) is 8.33. The molecule has 0 aliphatic heterocycles. The fraction of sp³-hybridized carbons (Fsp3) is 0.417. The summed E-state index contributed by atoms with van der Waals surface area (Å²) in [6.45, 7) is 10.3. The number of nitrogens with zero attached hydrogens (tertiary/aromatic N) is 1. The lowest BCUT2D eigenvalue weighted by molar-refractivity contribution is -0.142. The summed E-state index contributed by atoms with van der Waals surface area (Å²) in [5.41, 5.74) is 3.05. The maximum atomic E-state index is 13.0. The Labute approximate surface area is 174 Å². The summed E-state index contributed by atoms with van der Waals surface area (Å²) in [7, 11) is 1.57. The van der Waals surface area contributed by atoms with Gasteiger partial charge in [-0.3, -0.25) is 9.59 Å². The normalized spacial score (nSPS) is 12.2. The minimum atomic E-state index is -0.602. The van der Waals surface area contributed by atoms with E-state index in [2.05, 4.69) is 26.1 Å². The average molecular weight is 397 g/mol. The van der Waals surface area contributed by atoms with Gasteiger partial charge in [-0.2, -0.15) is 0 Å². The van der Waals surface area contributed by atoms with Crippen LogP contribution < -0.4 is 10.1 Å². The number of para-hydroxylation sites is 1. The first-order chi connectivity index (χ1) is 13.6. The maximum absolute atomic E-state index is 13.0. The number of likely N-dealkylation sites (N-methyl/N-ethyl adjacent to an activating group) is 1. The van der Waals surface area contributed by atoms with Crippen LogP contribution in [0.4, 0.5) is 0 Å². The Kier molecular flexibility index (Phi) is 7.43. The number of ether oxygens (including phenoxy) is 1. The third-order valence-corrected chi connectivity index (χ3v) is 4.93. The first kappa shape index (κ1) is 22.5. The van der Waals surface area contributed by atoms with Crippen LogP contribution in [0.25, 0.3) is 0 Å². The smallest absolute Gasteiger partial charge is 0.261 e. The summed E-state index contributed by atoms with van der Waals surface area (Å²) in [5.74, 6) is 0.252. The number of aryl methyl sites for hydroxylation is 1. The molecule has 156 valence electrons. The second kappa shape index (κ2) is 9.59. The molecule has 5 nitrogen and oxygen atoms in total. The van der Waals surface area contributed by atoms with Crippen LogP contribution in [0.2, 0.25) is 0 Å². The molecule has 0 aromatic heterocycles. The summed E-state index contributed by atoms with van der Waals surface area (Å²) in [4.78, 5) is 26.8. The molecule has 29 heavy (non-hydrogen) atoms. The van der Waals surface area contributed by atoms with E-state index in [4.69, 9.17) is 4.74 Å². The quantitative estimate of drug-likeness (QED) is 0.774. The van der Waals surface area contributed by atoms with Crippen molar-refractivity contribution in [2.75, 3.05) is 13.7 Å². The fourth-order valence-electron chi connectivity index (χ4n) is 3.12. The van der Waals surface area contributed by atoms with Gasteiger partial charge in [-0.15, -0.1) is 0 Å². The molecule has 5 heteroatoms. The summed E-state index contributed by atoms with van der Waals surface area (Å²) in [6.07, 6.45) is 0. The van der Waals surface area contributed by atoms with Gasteiger partial charge < -0.3 is 15.0 Å². The molecule has 0 fully saturated rings. The van der Waals surface area contributed by atoms with Gasteiger partial charge in [0.1, 0.15) is 11.8 Å². The minimum absolute atomic E-state index is 0.101. The van der Waals surface area contributed by atoms with Crippen LogP contribution in [0.3, 0.4) is 0 Å². The van der Waals surface area contributed by atoms with Crippen LogP contribution >= 0.6 is 0 Å². The minimum Gasteiger partial charge on any atom is -0.483 e. The molecule has 0 heterocycles. The van der Waals surface area contributed by atoms with Crippen molar-refractivity contribution in [2.45, 2.75) is 52.6 Å². The SMILES string of the molecule is CNC(=O)[C@@H](C)N(Cc1ccc(C)cc1)C(=O)COc1ccccc1C(C)(C)C. The number of rotatable bonds is 7. The van der Waals surface area contributed by atoms with Crippen LogP contribution in [0, 0.1) is 6.92 Å². The van der Waals surface area contributed by atoms with Gasteiger partial charge in [0.2, 0.25) is 5.91 Å². The topological polar surface area (TPSA) is 58.6 Å². The van der Waals surface area contributed by atoms with Crippen molar-refractivity contribution in [2.24, 2.45) is 0 Å². The molecule has 0 saturated heterocycles. The van der Waals surface area contributed by atoms with Gasteiger partial charge >= 0.3 is 0 Å². The number of amides is 2. The van der Waals surface area contributed by atoms with E-state index in [1.54, 1.807) is 18.9 Å². The lowest BCUT2D eigenvalue weighted by atomic mass is 9.86. The Hall–Kier alpha value is -2.82. The number of hydrogen-bond donors (Lipinski definition) is 1. The highest BCUT2D eigenvalue weighted by molar-refractivity contribution is 5.87. The van der Waals surface area contributed by atoms with Gasteiger partial charge in [0.05, 0.1) is 0 Å². The van der Waals surface area contributed by atoms with Gasteiger partial charge in [0.25, 0.3) is 5.91 Å². The summed E-state index contributed by atoms with van der Waals surface area (Å²) >= 11 is 0. The van der Waals surface area contributed by atoms with Gasteiger partial charge in [-0.25, -0.2) is 0 Å². The van der Waals surface area contributed by atoms with Crippen molar-refractivity contribution >= 4 is 11.8 Å². The van der Waals surface area contributed by atoms with Crippen LogP contribution in [-0.2, 0) is 21.5 Å². The molecule has 0 saturated carbocycles. The second-order valence-electron chi connectivity index (χ2n) is 8.33. The van der Waals surface area contributed by atoms with Crippen molar-refractivity contribution in [3.05, 3.63) is 65.2 Å². The molecular weight excluding hydrogens is 364 g/mol. The average Bonchev–Trinajstić information content (AvgIpc) is 2.70. The fourth-order valence-corrected chi connectivity index (χ4v) is 3.12. The summed E-state index contributed by atoms with van der Waals surface area (Å²) in [5, 5.41) is 2.62. The zero-order valence-corrected chi connectivity index (χ0v) is 18.3. The zero-order valence-electron chi connectivity index (χ0n) is 18.3. The summed E-state index contributed by atoms with van der Waals surface area (Å²) < 4.78 is 5.90. The van der Waals surface area contributed by atoms with E-state index in [0.717, 1.165) is 16.7 Å². The van der Waals surface area contributed by atoms with Gasteiger partial charge in [-0.05, 0) is 36.5 Å². The number of carbonyl (C=O) groups excluding carboxylic acids is 2. The molecule has 2 aromatic carbocycles. The molecule has 0 aliphatic rings. The lowest BCUT2D eigenvalue weighted by Crippen LogP contribution is -2.48. The molecule has 0 aliphatic carbocycles. The van der Waals surface area contributed by atoms with Gasteiger partial charge in [0, 0.05) is 13.6 Å². The number of nitrogens with one attached hydrogen (secondary N) is 1. The van der Waals surface area contributed by atoms with Crippen LogP contribution in [0.1, 0.15) is 44.4 Å². The van der Waals surface area contributed by atoms with Crippen molar-refractivity contribution in [3.8, 4) is 5.75 Å². The van der Waals surface area contributed by atoms with Gasteiger partial charge in [0.15, 0.2) is 6.61 Å². The first-order valence-corrected chi connectivity index (χ1v) is 9.92. The summed E-state index contributed by atoms with van der Waals surface area (Å²) in [6, 6.07) is 15.1. The molecule has 0 unspecified atom stereocenters. The first-order valence-electron chi connectivity index (χ1n) is 9.92. The van der Waals surface area contributed by atoms with Crippen molar-refractivity contribution in [1.82, 2.24) is 10.2 Å².